The summed E-state index contributed by atoms with van der Waals surface area (Å²) < 4.78 is 0. The van der Waals surface area contributed by atoms with Crippen molar-refractivity contribution in [2.45, 2.75) is 12.5 Å². The molecular formula is C12H10O3. The molecular weight excluding hydrogens is 192 g/mol. The highest BCUT2D eigenvalue weighted by atomic mass is 16.3. The molecule has 1 atom stereocenters. The Hall–Kier alpha value is -1.74. The topological polar surface area (TPSA) is 54.4 Å². The largest absolute Gasteiger partial charge is 0.374 e. The molecule has 76 valence electrons. The second kappa shape index (κ2) is 2.87. The van der Waals surface area contributed by atoms with E-state index in [1.807, 2.05) is 0 Å². The molecule has 0 aromatic heterocycles. The first-order chi connectivity index (χ1) is 6.98. The highest BCUT2D eigenvalue weighted by Crippen LogP contribution is 2.30. The summed E-state index contributed by atoms with van der Waals surface area (Å²) in [6, 6.07) is 4.82. The quantitative estimate of drug-likeness (QED) is 0.701. The van der Waals surface area contributed by atoms with Gasteiger partial charge in [-0.05, 0) is 24.6 Å². The van der Waals surface area contributed by atoms with Gasteiger partial charge in [-0.3, -0.25) is 9.59 Å². The molecule has 0 amide bonds. The number of aliphatic hydroxyl groups is 1. The Kier molecular flexibility index (Phi) is 1.88. The minimum absolute atomic E-state index is 0.280. The minimum atomic E-state index is -1.90. The van der Waals surface area contributed by atoms with Gasteiger partial charge in [-0.1, -0.05) is 18.7 Å². The fourth-order valence-corrected chi connectivity index (χ4v) is 1.70. The molecule has 3 heteroatoms. The molecule has 0 fully saturated rings. The second-order valence-corrected chi connectivity index (χ2v) is 3.74. The van der Waals surface area contributed by atoms with E-state index in [-0.39, 0.29) is 11.1 Å². The van der Waals surface area contributed by atoms with Crippen molar-refractivity contribution in [2.24, 2.45) is 0 Å². The Morgan fingerprint density at radius 2 is 1.87 bits per heavy atom. The zero-order valence-corrected chi connectivity index (χ0v) is 8.28. The number of hydrogen-bond donors (Lipinski definition) is 1. The lowest BCUT2D eigenvalue weighted by Crippen LogP contribution is -2.37. The van der Waals surface area contributed by atoms with E-state index >= 15 is 0 Å². The SMILES string of the molecule is C=Cc1ccc2c(c1)C(=O)C(C)(O)C2=O. The van der Waals surface area contributed by atoms with Crippen LogP contribution in [0, 0.1) is 0 Å². The minimum Gasteiger partial charge on any atom is -0.374 e. The predicted molar refractivity (Wildman–Crippen MR) is 55.8 cm³/mol. The molecule has 15 heavy (non-hydrogen) atoms. The molecule has 1 aliphatic rings. The predicted octanol–water partition coefficient (Wildman–Crippen LogP) is 1.46. The highest BCUT2D eigenvalue weighted by Gasteiger charge is 2.47. The third kappa shape index (κ3) is 1.17. The first kappa shape index (κ1) is 9.80. The number of hydrogen-bond acceptors (Lipinski definition) is 3. The molecule has 0 saturated carbocycles. The van der Waals surface area contributed by atoms with Crippen molar-refractivity contribution in [1.82, 2.24) is 0 Å². The van der Waals surface area contributed by atoms with Gasteiger partial charge in [0.2, 0.25) is 11.6 Å². The number of carbonyl (C=O) groups excluding carboxylic acids is 2. The Balaban J connectivity index is 2.68. The van der Waals surface area contributed by atoms with Crippen LogP contribution in [0.5, 0.6) is 0 Å². The zero-order valence-electron chi connectivity index (χ0n) is 8.28. The first-order valence-corrected chi connectivity index (χ1v) is 4.57. The van der Waals surface area contributed by atoms with E-state index in [1.165, 1.54) is 6.92 Å². The average molecular weight is 202 g/mol. The first-order valence-electron chi connectivity index (χ1n) is 4.57. The van der Waals surface area contributed by atoms with E-state index in [1.54, 1.807) is 24.3 Å². The van der Waals surface area contributed by atoms with Gasteiger partial charge in [-0.2, -0.15) is 0 Å². The van der Waals surface area contributed by atoms with Gasteiger partial charge in [0.1, 0.15) is 0 Å². The van der Waals surface area contributed by atoms with Crippen LogP contribution in [0.4, 0.5) is 0 Å². The van der Waals surface area contributed by atoms with Crippen LogP contribution < -0.4 is 0 Å². The molecule has 0 saturated heterocycles. The average Bonchev–Trinajstić information content (AvgIpc) is 2.40. The third-order valence-electron chi connectivity index (χ3n) is 2.65. The van der Waals surface area contributed by atoms with Gasteiger partial charge < -0.3 is 5.11 Å². The van der Waals surface area contributed by atoms with Crippen LogP contribution in [0.1, 0.15) is 33.2 Å². The monoisotopic (exact) mass is 202 g/mol. The van der Waals surface area contributed by atoms with Gasteiger partial charge >= 0.3 is 0 Å². The van der Waals surface area contributed by atoms with Crippen molar-refractivity contribution in [3.8, 4) is 0 Å². The second-order valence-electron chi connectivity index (χ2n) is 3.74. The van der Waals surface area contributed by atoms with Crippen LogP contribution in [0.3, 0.4) is 0 Å². The van der Waals surface area contributed by atoms with Gasteiger partial charge in [0, 0.05) is 11.1 Å². The van der Waals surface area contributed by atoms with Gasteiger partial charge in [0.25, 0.3) is 0 Å². The Labute approximate surface area is 87.0 Å². The standard InChI is InChI=1S/C12H10O3/c1-3-7-4-5-8-9(6-7)11(14)12(2,15)10(8)13/h3-6,15H,1H2,2H3. The zero-order chi connectivity index (χ0) is 11.2. The lowest BCUT2D eigenvalue weighted by Gasteiger charge is -2.10. The molecule has 1 aliphatic carbocycles. The molecule has 0 radical (unpaired) electrons. The van der Waals surface area contributed by atoms with Crippen molar-refractivity contribution >= 4 is 17.6 Å². The van der Waals surface area contributed by atoms with Crippen molar-refractivity contribution in [1.29, 1.82) is 0 Å². The lowest BCUT2D eigenvalue weighted by atomic mass is 10.0. The number of fused-ring (bicyclic) bond motifs is 1. The van der Waals surface area contributed by atoms with Crippen LogP contribution >= 0.6 is 0 Å². The van der Waals surface area contributed by atoms with Crippen LogP contribution in [0.25, 0.3) is 6.08 Å². The van der Waals surface area contributed by atoms with E-state index in [4.69, 9.17) is 0 Å². The molecule has 2 rings (SSSR count). The van der Waals surface area contributed by atoms with E-state index in [2.05, 4.69) is 6.58 Å². The summed E-state index contributed by atoms with van der Waals surface area (Å²) in [5, 5.41) is 9.69. The molecule has 1 aromatic carbocycles. The van der Waals surface area contributed by atoms with Crippen molar-refractivity contribution in [3.05, 3.63) is 41.5 Å². The summed E-state index contributed by atoms with van der Waals surface area (Å²) in [7, 11) is 0. The maximum absolute atomic E-state index is 11.7. The molecule has 1 unspecified atom stereocenters. The summed E-state index contributed by atoms with van der Waals surface area (Å²) in [5.41, 5.74) is -0.576. The maximum Gasteiger partial charge on any atom is 0.202 e. The summed E-state index contributed by atoms with van der Waals surface area (Å²) in [6.07, 6.45) is 1.59. The molecule has 1 aromatic rings. The Morgan fingerprint density at radius 1 is 1.27 bits per heavy atom. The summed E-state index contributed by atoms with van der Waals surface area (Å²) in [4.78, 5) is 23.3. The van der Waals surface area contributed by atoms with Gasteiger partial charge in [0.15, 0.2) is 5.60 Å². The number of Topliss-reactive ketones (excluding diaryl/α,β-unsaturated/α-hetero) is 2. The highest BCUT2D eigenvalue weighted by molar-refractivity contribution is 6.31. The fraction of sp³-hybridized carbons (Fsp3) is 0.167. The van der Waals surface area contributed by atoms with Crippen LogP contribution in [0.15, 0.2) is 24.8 Å². The number of rotatable bonds is 1. The molecule has 0 heterocycles. The fourth-order valence-electron chi connectivity index (χ4n) is 1.70. The summed E-state index contributed by atoms with van der Waals surface area (Å²) >= 11 is 0. The van der Waals surface area contributed by atoms with Crippen molar-refractivity contribution in [2.75, 3.05) is 0 Å². The Bertz CT molecular complexity index is 484. The van der Waals surface area contributed by atoms with E-state index in [0.717, 1.165) is 5.56 Å². The molecule has 0 bridgehead atoms. The maximum atomic E-state index is 11.7. The molecule has 3 nitrogen and oxygen atoms in total. The van der Waals surface area contributed by atoms with Crippen molar-refractivity contribution < 1.29 is 14.7 Å². The number of ketones is 2. The number of benzene rings is 1. The molecule has 0 spiro atoms. The third-order valence-corrected chi connectivity index (χ3v) is 2.65. The van der Waals surface area contributed by atoms with Crippen LogP contribution in [-0.4, -0.2) is 22.3 Å². The van der Waals surface area contributed by atoms with Crippen molar-refractivity contribution in [3.63, 3.8) is 0 Å². The normalized spacial score (nSPS) is 24.1. The van der Waals surface area contributed by atoms with E-state index in [0.29, 0.717) is 0 Å². The Morgan fingerprint density at radius 3 is 2.47 bits per heavy atom. The molecule has 1 N–H and O–H groups in total. The van der Waals surface area contributed by atoms with Gasteiger partial charge in [-0.15, -0.1) is 0 Å². The molecule has 0 aliphatic heterocycles. The number of carbonyl (C=O) groups is 2. The van der Waals surface area contributed by atoms with Gasteiger partial charge in [-0.25, -0.2) is 0 Å². The van der Waals surface area contributed by atoms with E-state index < -0.39 is 17.2 Å². The smallest absolute Gasteiger partial charge is 0.202 e. The summed E-state index contributed by atoms with van der Waals surface area (Å²) in [5.74, 6) is -1.07. The lowest BCUT2D eigenvalue weighted by molar-refractivity contribution is 0.0397. The van der Waals surface area contributed by atoms with E-state index in [9.17, 15) is 14.7 Å². The van der Waals surface area contributed by atoms with Gasteiger partial charge in [0.05, 0.1) is 0 Å². The van der Waals surface area contributed by atoms with Crippen LogP contribution in [0.2, 0.25) is 0 Å². The summed E-state index contributed by atoms with van der Waals surface area (Å²) in [6.45, 7) is 4.81. The van der Waals surface area contributed by atoms with Crippen LogP contribution in [-0.2, 0) is 0 Å².